The van der Waals surface area contributed by atoms with Crippen LogP contribution in [0, 0.1) is 6.92 Å². The van der Waals surface area contributed by atoms with Gasteiger partial charge in [-0.05, 0) is 44.0 Å². The molecule has 1 aromatic carbocycles. The second-order valence-corrected chi connectivity index (χ2v) is 8.83. The van der Waals surface area contributed by atoms with E-state index in [0.717, 1.165) is 32.5 Å². The first-order valence-corrected chi connectivity index (χ1v) is 11.0. The Morgan fingerprint density at radius 1 is 1.17 bits per heavy atom. The number of benzene rings is 1. The van der Waals surface area contributed by atoms with E-state index in [4.69, 9.17) is 4.74 Å². The van der Waals surface area contributed by atoms with Crippen LogP contribution in [-0.2, 0) is 6.54 Å². The van der Waals surface area contributed by atoms with Crippen LogP contribution in [0.5, 0.6) is 5.75 Å². The van der Waals surface area contributed by atoms with Crippen LogP contribution < -0.4 is 15.4 Å². The Hall–Kier alpha value is -2.84. The van der Waals surface area contributed by atoms with E-state index in [1.807, 2.05) is 40.3 Å². The fourth-order valence-corrected chi connectivity index (χ4v) is 4.77. The van der Waals surface area contributed by atoms with Crippen LogP contribution in [-0.4, -0.2) is 40.9 Å². The number of likely N-dealkylation sites (tertiary alicyclic amines) is 1. The number of amides is 2. The highest BCUT2D eigenvalue weighted by Crippen LogP contribution is 2.28. The number of nitrogens with zero attached hydrogens (tertiary/aromatic N) is 3. The van der Waals surface area contributed by atoms with Gasteiger partial charge in [-0.15, -0.1) is 11.3 Å². The lowest BCUT2D eigenvalue weighted by Gasteiger charge is -2.32. The maximum atomic E-state index is 12.5. The maximum Gasteiger partial charge on any atom is 0.324 e. The number of aromatic nitrogens is 2. The molecule has 2 N–H and O–H groups in total. The molecular formula is C22H27N5O2S. The summed E-state index contributed by atoms with van der Waals surface area (Å²) < 4.78 is 7.23. The van der Waals surface area contributed by atoms with Gasteiger partial charge in [0.2, 0.25) is 0 Å². The van der Waals surface area contributed by atoms with Gasteiger partial charge in [0.05, 0.1) is 25.0 Å². The van der Waals surface area contributed by atoms with E-state index in [1.54, 1.807) is 19.4 Å². The van der Waals surface area contributed by atoms with Crippen LogP contribution >= 0.6 is 11.3 Å². The van der Waals surface area contributed by atoms with Crippen molar-refractivity contribution in [1.29, 1.82) is 0 Å². The van der Waals surface area contributed by atoms with Gasteiger partial charge in [-0.25, -0.2) is 9.48 Å². The number of thiophene rings is 1. The summed E-state index contributed by atoms with van der Waals surface area (Å²) in [5, 5.41) is 10.2. The van der Waals surface area contributed by atoms with Crippen molar-refractivity contribution in [1.82, 2.24) is 14.7 Å². The number of hydrogen-bond acceptors (Lipinski definition) is 5. The van der Waals surface area contributed by atoms with Gasteiger partial charge in [0.15, 0.2) is 0 Å². The third kappa shape index (κ3) is 4.83. The summed E-state index contributed by atoms with van der Waals surface area (Å²) in [6.45, 7) is 5.20. The second kappa shape index (κ2) is 9.32. The number of anilines is 2. The summed E-state index contributed by atoms with van der Waals surface area (Å²) in [4.78, 5) is 17.8. The summed E-state index contributed by atoms with van der Waals surface area (Å²) in [5.74, 6) is 1.32. The molecule has 1 fully saturated rings. The van der Waals surface area contributed by atoms with E-state index in [-0.39, 0.29) is 12.1 Å². The molecule has 0 atom stereocenters. The molecule has 3 aromatic rings. The molecule has 0 radical (unpaired) electrons. The van der Waals surface area contributed by atoms with Gasteiger partial charge in [0.1, 0.15) is 11.6 Å². The fraction of sp³-hybridized carbons (Fsp3) is 0.364. The highest BCUT2D eigenvalue weighted by atomic mass is 32.1. The summed E-state index contributed by atoms with van der Waals surface area (Å²) in [6.07, 6.45) is 3.75. The van der Waals surface area contributed by atoms with Crippen molar-refractivity contribution in [2.24, 2.45) is 0 Å². The van der Waals surface area contributed by atoms with Crippen molar-refractivity contribution >= 4 is 28.9 Å². The van der Waals surface area contributed by atoms with E-state index < -0.39 is 0 Å². The molecular weight excluding hydrogens is 398 g/mol. The molecule has 2 amide bonds. The standard InChI is InChI=1S/C22H27N5O2S/c1-16-7-8-18(30-16)15-26-13-10-17(11-14-26)27-21(9-12-23-27)25-22(28)24-19-5-3-4-6-20(19)29-2/h3-9,12,17H,10-11,13-15H2,1-2H3,(H2,24,25,28). The zero-order valence-corrected chi connectivity index (χ0v) is 18.1. The van der Waals surface area contributed by atoms with Crippen molar-refractivity contribution in [3.8, 4) is 5.75 Å². The predicted octanol–water partition coefficient (Wildman–Crippen LogP) is 4.74. The lowest BCUT2D eigenvalue weighted by molar-refractivity contribution is 0.175. The summed E-state index contributed by atoms with van der Waals surface area (Å²) >= 11 is 1.87. The van der Waals surface area contributed by atoms with E-state index in [0.29, 0.717) is 17.3 Å². The van der Waals surface area contributed by atoms with Gasteiger partial charge >= 0.3 is 6.03 Å². The molecule has 2 aromatic heterocycles. The minimum absolute atomic E-state index is 0.280. The highest BCUT2D eigenvalue weighted by Gasteiger charge is 2.23. The Kier molecular flexibility index (Phi) is 6.35. The van der Waals surface area contributed by atoms with Crippen LogP contribution in [0.2, 0.25) is 0 Å². The highest BCUT2D eigenvalue weighted by molar-refractivity contribution is 7.11. The van der Waals surface area contributed by atoms with Gasteiger partial charge in [0.25, 0.3) is 0 Å². The Morgan fingerprint density at radius 2 is 1.97 bits per heavy atom. The molecule has 1 aliphatic heterocycles. The van der Waals surface area contributed by atoms with Crippen LogP contribution in [0.3, 0.4) is 0 Å². The van der Waals surface area contributed by atoms with Gasteiger partial charge in [-0.2, -0.15) is 5.10 Å². The number of carbonyl (C=O) groups excluding carboxylic acids is 1. The summed E-state index contributed by atoms with van der Waals surface area (Å²) in [6, 6.07) is 13.5. The van der Waals surface area contributed by atoms with Gasteiger partial charge in [-0.3, -0.25) is 10.2 Å². The molecule has 4 rings (SSSR count). The van der Waals surface area contributed by atoms with Crippen molar-refractivity contribution in [2.75, 3.05) is 30.8 Å². The smallest absolute Gasteiger partial charge is 0.324 e. The predicted molar refractivity (Wildman–Crippen MR) is 120 cm³/mol. The number of rotatable bonds is 6. The molecule has 3 heterocycles. The van der Waals surface area contributed by atoms with E-state index in [9.17, 15) is 4.79 Å². The first-order valence-electron chi connectivity index (χ1n) is 10.1. The third-order valence-corrected chi connectivity index (χ3v) is 6.33. The second-order valence-electron chi connectivity index (χ2n) is 7.46. The fourth-order valence-electron chi connectivity index (χ4n) is 3.83. The minimum atomic E-state index is -0.313. The Balaban J connectivity index is 1.34. The molecule has 0 bridgehead atoms. The molecule has 0 saturated carbocycles. The van der Waals surface area contributed by atoms with E-state index in [2.05, 4.69) is 39.7 Å². The van der Waals surface area contributed by atoms with Gasteiger partial charge in [-0.1, -0.05) is 12.1 Å². The lowest BCUT2D eigenvalue weighted by atomic mass is 10.1. The molecule has 7 nitrogen and oxygen atoms in total. The topological polar surface area (TPSA) is 71.4 Å². The molecule has 1 saturated heterocycles. The van der Waals surface area contributed by atoms with Crippen molar-refractivity contribution in [3.63, 3.8) is 0 Å². The minimum Gasteiger partial charge on any atom is -0.495 e. The average Bonchev–Trinajstić information content (AvgIpc) is 3.37. The van der Waals surface area contributed by atoms with Crippen LogP contribution in [0.25, 0.3) is 0 Å². The summed E-state index contributed by atoms with van der Waals surface area (Å²) in [7, 11) is 1.58. The third-order valence-electron chi connectivity index (χ3n) is 5.35. The Labute approximate surface area is 180 Å². The lowest BCUT2D eigenvalue weighted by Crippen LogP contribution is -2.35. The van der Waals surface area contributed by atoms with Gasteiger partial charge < -0.3 is 10.1 Å². The van der Waals surface area contributed by atoms with Crippen LogP contribution in [0.15, 0.2) is 48.7 Å². The number of aryl methyl sites for hydroxylation is 1. The number of urea groups is 1. The van der Waals surface area contributed by atoms with E-state index in [1.165, 1.54) is 9.75 Å². The molecule has 0 aliphatic carbocycles. The largest absolute Gasteiger partial charge is 0.495 e. The average molecular weight is 426 g/mol. The number of carbonyl (C=O) groups is 1. The van der Waals surface area contributed by atoms with E-state index >= 15 is 0 Å². The first-order chi connectivity index (χ1) is 14.6. The van der Waals surface area contributed by atoms with Crippen LogP contribution in [0.4, 0.5) is 16.3 Å². The molecule has 8 heteroatoms. The van der Waals surface area contributed by atoms with Crippen molar-refractivity contribution < 1.29 is 9.53 Å². The molecule has 30 heavy (non-hydrogen) atoms. The van der Waals surface area contributed by atoms with Crippen LogP contribution in [0.1, 0.15) is 28.6 Å². The number of para-hydroxylation sites is 2. The first kappa shape index (κ1) is 20.4. The normalized spacial score (nSPS) is 15.1. The molecule has 1 aliphatic rings. The monoisotopic (exact) mass is 425 g/mol. The zero-order valence-electron chi connectivity index (χ0n) is 17.3. The molecule has 0 unspecified atom stereocenters. The number of piperidine rings is 1. The number of hydrogen-bond donors (Lipinski definition) is 2. The molecule has 158 valence electrons. The zero-order chi connectivity index (χ0) is 20.9. The number of nitrogens with one attached hydrogen (secondary N) is 2. The van der Waals surface area contributed by atoms with Crippen molar-refractivity contribution in [2.45, 2.75) is 32.4 Å². The Morgan fingerprint density at radius 3 is 2.70 bits per heavy atom. The Bertz CT molecular complexity index is 991. The van der Waals surface area contributed by atoms with Gasteiger partial charge in [0, 0.05) is 35.5 Å². The van der Waals surface area contributed by atoms with Crippen molar-refractivity contribution in [3.05, 3.63) is 58.4 Å². The number of methoxy groups -OCH3 is 1. The maximum absolute atomic E-state index is 12.5. The SMILES string of the molecule is COc1ccccc1NC(=O)Nc1ccnn1C1CCN(Cc2ccc(C)s2)CC1. The molecule has 0 spiro atoms. The quantitative estimate of drug-likeness (QED) is 0.598. The number of ether oxygens (including phenoxy) is 1. The summed E-state index contributed by atoms with van der Waals surface area (Å²) in [5.41, 5.74) is 0.626.